The molecule has 0 atom stereocenters. The molecule has 0 aromatic carbocycles. The van der Waals surface area contributed by atoms with E-state index in [1.807, 2.05) is 6.92 Å². The molecule has 4 heteroatoms. The minimum atomic E-state index is 0.766. The summed E-state index contributed by atoms with van der Waals surface area (Å²) in [5, 5.41) is 5.95. The van der Waals surface area contributed by atoms with Gasteiger partial charge in [0.25, 0.3) is 0 Å². The van der Waals surface area contributed by atoms with Crippen molar-refractivity contribution >= 4 is 11.9 Å². The second-order valence-corrected chi connectivity index (χ2v) is 2.11. The standard InChI is InChI=1S/C4H7N3S/c1-3-2-6-4(7-3)8-5/h2H,5H2,1H3,(H,6,7). The van der Waals surface area contributed by atoms with Crippen LogP contribution in [0.3, 0.4) is 0 Å². The van der Waals surface area contributed by atoms with E-state index in [4.69, 9.17) is 5.14 Å². The van der Waals surface area contributed by atoms with Crippen molar-refractivity contribution in [3.63, 3.8) is 0 Å². The van der Waals surface area contributed by atoms with E-state index in [1.54, 1.807) is 6.20 Å². The van der Waals surface area contributed by atoms with Crippen LogP contribution in [0.25, 0.3) is 0 Å². The number of H-pyrrole nitrogens is 1. The lowest BCUT2D eigenvalue weighted by Crippen LogP contribution is -1.80. The molecule has 8 heavy (non-hydrogen) atoms. The molecule has 0 amide bonds. The van der Waals surface area contributed by atoms with E-state index in [-0.39, 0.29) is 0 Å². The molecular weight excluding hydrogens is 122 g/mol. The molecule has 3 nitrogen and oxygen atoms in total. The highest BCUT2D eigenvalue weighted by Crippen LogP contribution is 2.03. The van der Waals surface area contributed by atoms with Gasteiger partial charge in [0.1, 0.15) is 0 Å². The smallest absolute Gasteiger partial charge is 0.180 e. The van der Waals surface area contributed by atoms with E-state index in [0.29, 0.717) is 0 Å². The summed E-state index contributed by atoms with van der Waals surface area (Å²) in [5.74, 6) is 0. The van der Waals surface area contributed by atoms with Gasteiger partial charge in [0.2, 0.25) is 0 Å². The first-order valence-corrected chi connectivity index (χ1v) is 3.09. The van der Waals surface area contributed by atoms with E-state index in [0.717, 1.165) is 22.8 Å². The number of aromatic amines is 1. The molecule has 0 radical (unpaired) electrons. The van der Waals surface area contributed by atoms with Gasteiger partial charge in [-0.15, -0.1) is 0 Å². The van der Waals surface area contributed by atoms with Gasteiger partial charge in [0.15, 0.2) is 5.16 Å². The summed E-state index contributed by atoms with van der Waals surface area (Å²) < 4.78 is 0. The van der Waals surface area contributed by atoms with Crippen molar-refractivity contribution in [1.29, 1.82) is 0 Å². The van der Waals surface area contributed by atoms with E-state index >= 15 is 0 Å². The Morgan fingerprint density at radius 2 is 2.62 bits per heavy atom. The fraction of sp³-hybridized carbons (Fsp3) is 0.250. The average Bonchev–Trinajstić information content (AvgIpc) is 2.14. The summed E-state index contributed by atoms with van der Waals surface area (Å²) in [6.07, 6.45) is 1.75. The Balaban J connectivity index is 2.84. The third kappa shape index (κ3) is 1.02. The lowest BCUT2D eigenvalue weighted by Gasteiger charge is -1.81. The Bertz CT molecular complexity index is 172. The molecule has 1 rings (SSSR count). The zero-order valence-corrected chi connectivity index (χ0v) is 5.33. The highest BCUT2D eigenvalue weighted by Gasteiger charge is 1.90. The minimum absolute atomic E-state index is 0.766. The van der Waals surface area contributed by atoms with Crippen LogP contribution in [-0.2, 0) is 0 Å². The van der Waals surface area contributed by atoms with E-state index in [2.05, 4.69) is 9.97 Å². The number of rotatable bonds is 1. The summed E-state index contributed by atoms with van der Waals surface area (Å²) in [6.45, 7) is 1.94. The Hall–Kier alpha value is -0.480. The first-order valence-electron chi connectivity index (χ1n) is 2.21. The van der Waals surface area contributed by atoms with Crippen LogP contribution < -0.4 is 5.14 Å². The summed E-state index contributed by atoms with van der Waals surface area (Å²) in [5.41, 5.74) is 1.04. The third-order valence-electron chi connectivity index (χ3n) is 0.791. The van der Waals surface area contributed by atoms with E-state index in [9.17, 15) is 0 Å². The van der Waals surface area contributed by atoms with Crippen LogP contribution in [0.15, 0.2) is 11.4 Å². The molecule has 0 saturated carbocycles. The van der Waals surface area contributed by atoms with Gasteiger partial charge in [-0.05, 0) is 18.9 Å². The Kier molecular flexibility index (Phi) is 1.55. The lowest BCUT2D eigenvalue weighted by molar-refractivity contribution is 1.04. The van der Waals surface area contributed by atoms with Crippen LogP contribution in [0.1, 0.15) is 5.69 Å². The maximum atomic E-state index is 5.19. The number of aryl methyl sites for hydroxylation is 1. The SMILES string of the molecule is Cc1cnc(SN)[nH]1. The van der Waals surface area contributed by atoms with Crippen LogP contribution in [0.2, 0.25) is 0 Å². The monoisotopic (exact) mass is 129 g/mol. The quantitative estimate of drug-likeness (QED) is 0.548. The van der Waals surface area contributed by atoms with Crippen LogP contribution in [0.5, 0.6) is 0 Å². The zero-order chi connectivity index (χ0) is 5.98. The Morgan fingerprint density at radius 3 is 2.88 bits per heavy atom. The summed E-state index contributed by atoms with van der Waals surface area (Å²) in [6, 6.07) is 0. The number of hydrogen-bond donors (Lipinski definition) is 2. The van der Waals surface area contributed by atoms with Crippen molar-refractivity contribution in [2.45, 2.75) is 12.1 Å². The highest BCUT2D eigenvalue weighted by atomic mass is 32.2. The second-order valence-electron chi connectivity index (χ2n) is 1.49. The van der Waals surface area contributed by atoms with Gasteiger partial charge in [0.05, 0.1) is 0 Å². The van der Waals surface area contributed by atoms with Gasteiger partial charge in [-0.3, -0.25) is 5.14 Å². The van der Waals surface area contributed by atoms with Gasteiger partial charge >= 0.3 is 0 Å². The fourth-order valence-corrected chi connectivity index (χ4v) is 0.782. The van der Waals surface area contributed by atoms with Gasteiger partial charge in [-0.2, -0.15) is 0 Å². The molecule has 0 unspecified atom stereocenters. The molecule has 1 heterocycles. The van der Waals surface area contributed by atoms with Crippen LogP contribution in [-0.4, -0.2) is 9.97 Å². The number of nitrogens with zero attached hydrogens (tertiary/aromatic N) is 1. The van der Waals surface area contributed by atoms with Crippen LogP contribution in [0.4, 0.5) is 0 Å². The van der Waals surface area contributed by atoms with Gasteiger partial charge in [-0.1, -0.05) is 0 Å². The molecule has 0 saturated heterocycles. The molecule has 1 aromatic rings. The minimum Gasteiger partial charge on any atom is -0.336 e. The molecule has 0 fully saturated rings. The Morgan fingerprint density at radius 1 is 1.88 bits per heavy atom. The van der Waals surface area contributed by atoms with Gasteiger partial charge in [-0.25, -0.2) is 4.98 Å². The van der Waals surface area contributed by atoms with Crippen molar-refractivity contribution in [1.82, 2.24) is 9.97 Å². The number of imidazole rings is 1. The van der Waals surface area contributed by atoms with Crippen molar-refractivity contribution in [2.24, 2.45) is 5.14 Å². The van der Waals surface area contributed by atoms with Crippen molar-refractivity contribution in [2.75, 3.05) is 0 Å². The first-order chi connectivity index (χ1) is 3.83. The summed E-state index contributed by atoms with van der Waals surface area (Å²) >= 11 is 1.12. The summed E-state index contributed by atoms with van der Waals surface area (Å²) in [4.78, 5) is 6.87. The largest absolute Gasteiger partial charge is 0.336 e. The van der Waals surface area contributed by atoms with Crippen molar-refractivity contribution < 1.29 is 0 Å². The molecule has 1 aromatic heterocycles. The van der Waals surface area contributed by atoms with Crippen molar-refractivity contribution in [3.8, 4) is 0 Å². The molecule has 44 valence electrons. The van der Waals surface area contributed by atoms with Crippen LogP contribution in [0, 0.1) is 6.92 Å². The topological polar surface area (TPSA) is 54.7 Å². The first kappa shape index (κ1) is 5.65. The highest BCUT2D eigenvalue weighted by molar-refractivity contribution is 7.96. The number of aromatic nitrogens is 2. The number of hydrogen-bond acceptors (Lipinski definition) is 3. The number of nitrogens with two attached hydrogens (primary N) is 1. The molecule has 3 N–H and O–H groups in total. The normalized spacial score (nSPS) is 9.75. The molecular formula is C4H7N3S. The predicted octanol–water partition coefficient (Wildman–Crippen LogP) is 0.684. The number of nitrogens with one attached hydrogen (secondary N) is 1. The average molecular weight is 129 g/mol. The molecule has 0 aliphatic carbocycles. The van der Waals surface area contributed by atoms with Gasteiger partial charge < -0.3 is 4.98 Å². The Labute approximate surface area is 51.8 Å². The third-order valence-corrected chi connectivity index (χ3v) is 1.22. The molecule has 0 bridgehead atoms. The molecule has 0 aliphatic heterocycles. The summed E-state index contributed by atoms with van der Waals surface area (Å²) in [7, 11) is 0. The van der Waals surface area contributed by atoms with Gasteiger partial charge in [0, 0.05) is 11.9 Å². The van der Waals surface area contributed by atoms with E-state index < -0.39 is 0 Å². The predicted molar refractivity (Wildman–Crippen MR) is 33.4 cm³/mol. The lowest BCUT2D eigenvalue weighted by atomic mass is 10.6. The second kappa shape index (κ2) is 2.19. The maximum absolute atomic E-state index is 5.19. The zero-order valence-electron chi connectivity index (χ0n) is 4.51. The van der Waals surface area contributed by atoms with E-state index in [1.165, 1.54) is 0 Å². The maximum Gasteiger partial charge on any atom is 0.180 e. The fourth-order valence-electron chi connectivity index (χ4n) is 0.449. The van der Waals surface area contributed by atoms with Crippen molar-refractivity contribution in [3.05, 3.63) is 11.9 Å². The van der Waals surface area contributed by atoms with Crippen LogP contribution >= 0.6 is 11.9 Å². The molecule has 0 aliphatic rings. The molecule has 0 spiro atoms.